The molecular formula is C18H26O2. The lowest BCUT2D eigenvalue weighted by Crippen LogP contribution is -2.27. The Morgan fingerprint density at radius 2 is 2.10 bits per heavy atom. The van der Waals surface area contributed by atoms with E-state index in [1.165, 1.54) is 37.7 Å². The summed E-state index contributed by atoms with van der Waals surface area (Å²) in [5, 5.41) is 0. The van der Waals surface area contributed by atoms with Gasteiger partial charge in [0.1, 0.15) is 5.60 Å². The molecule has 0 N–H and O–H groups in total. The molecule has 110 valence electrons. The molecule has 0 unspecified atom stereocenters. The van der Waals surface area contributed by atoms with Gasteiger partial charge in [-0.3, -0.25) is 0 Å². The molecule has 0 bridgehead atoms. The van der Waals surface area contributed by atoms with Gasteiger partial charge in [0, 0.05) is 12.0 Å². The summed E-state index contributed by atoms with van der Waals surface area (Å²) in [6, 6.07) is 0. The van der Waals surface area contributed by atoms with Crippen LogP contribution < -0.4 is 0 Å². The first kappa shape index (κ1) is 13.9. The molecule has 0 heterocycles. The second-order valence-corrected chi connectivity index (χ2v) is 7.77. The van der Waals surface area contributed by atoms with Crippen molar-refractivity contribution in [1.29, 1.82) is 0 Å². The molecule has 2 fully saturated rings. The van der Waals surface area contributed by atoms with Gasteiger partial charge in [-0.15, -0.1) is 0 Å². The number of fused-ring (bicyclic) bond motifs is 1. The van der Waals surface area contributed by atoms with Gasteiger partial charge >= 0.3 is 5.97 Å². The average Bonchev–Trinajstić information content (AvgIpc) is 2.56. The van der Waals surface area contributed by atoms with Gasteiger partial charge < -0.3 is 4.74 Å². The topological polar surface area (TPSA) is 26.3 Å². The summed E-state index contributed by atoms with van der Waals surface area (Å²) in [4.78, 5) is 11.8. The van der Waals surface area contributed by atoms with Crippen molar-refractivity contribution >= 4 is 5.97 Å². The second kappa shape index (κ2) is 5.05. The molecule has 2 atom stereocenters. The lowest BCUT2D eigenvalue weighted by molar-refractivity contribution is -0.148. The summed E-state index contributed by atoms with van der Waals surface area (Å²) >= 11 is 0. The molecule has 0 amide bonds. The van der Waals surface area contributed by atoms with Crippen LogP contribution in [0.25, 0.3) is 0 Å². The van der Waals surface area contributed by atoms with Gasteiger partial charge in [-0.1, -0.05) is 36.5 Å². The number of carbonyl (C=O) groups excluding carboxylic acids is 1. The lowest BCUT2D eigenvalue weighted by atomic mass is 9.71. The molecule has 0 radical (unpaired) electrons. The molecule has 0 spiro atoms. The molecular weight excluding hydrogens is 248 g/mol. The van der Waals surface area contributed by atoms with E-state index in [9.17, 15) is 4.79 Å². The predicted molar refractivity (Wildman–Crippen MR) is 80.2 cm³/mol. The standard InChI is InChI=1S/C18H26O2/c1-18(2,3)20-17(19)11-15-10-14-8-13(9-16(14)15)7-12-5-4-6-12/h9,11-12,14,16H,4-8,10H2,1-3H3/t14-,16-/m1/s1. The van der Waals surface area contributed by atoms with E-state index in [0.29, 0.717) is 5.92 Å². The predicted octanol–water partition coefficient (Wildman–Crippen LogP) is 4.41. The fourth-order valence-corrected chi connectivity index (χ4v) is 3.67. The molecule has 2 heteroatoms. The lowest BCUT2D eigenvalue weighted by Gasteiger charge is -2.34. The molecule has 2 saturated carbocycles. The summed E-state index contributed by atoms with van der Waals surface area (Å²) in [6.07, 6.45) is 12.1. The van der Waals surface area contributed by atoms with Crippen LogP contribution in [0.5, 0.6) is 0 Å². The Kier molecular flexibility index (Phi) is 3.51. The molecule has 0 aromatic heterocycles. The Balaban J connectivity index is 1.57. The third-order valence-corrected chi connectivity index (χ3v) is 4.86. The first-order valence-corrected chi connectivity index (χ1v) is 8.04. The summed E-state index contributed by atoms with van der Waals surface area (Å²) in [5.74, 6) is 2.10. The Bertz CT molecular complexity index is 460. The Labute approximate surface area is 122 Å². The van der Waals surface area contributed by atoms with E-state index in [4.69, 9.17) is 4.74 Å². The molecule has 0 saturated heterocycles. The van der Waals surface area contributed by atoms with E-state index < -0.39 is 5.60 Å². The number of hydrogen-bond donors (Lipinski definition) is 0. The molecule has 0 aromatic rings. The maximum atomic E-state index is 11.8. The number of ether oxygens (including phenoxy) is 1. The first-order valence-electron chi connectivity index (χ1n) is 8.04. The van der Waals surface area contributed by atoms with Crippen molar-refractivity contribution in [2.24, 2.45) is 17.8 Å². The Morgan fingerprint density at radius 1 is 1.35 bits per heavy atom. The number of esters is 1. The minimum Gasteiger partial charge on any atom is -0.457 e. The number of allylic oxidation sites excluding steroid dienone is 3. The quantitative estimate of drug-likeness (QED) is 0.433. The van der Waals surface area contributed by atoms with E-state index in [1.807, 2.05) is 20.8 Å². The first-order chi connectivity index (χ1) is 9.40. The van der Waals surface area contributed by atoms with Crippen LogP contribution in [0.1, 0.15) is 59.3 Å². The van der Waals surface area contributed by atoms with Crippen LogP contribution in [0.3, 0.4) is 0 Å². The number of hydrogen-bond acceptors (Lipinski definition) is 2. The van der Waals surface area contributed by atoms with Gasteiger partial charge in [0.05, 0.1) is 0 Å². The molecule has 3 aliphatic carbocycles. The molecule has 3 aliphatic rings. The summed E-state index contributed by atoms with van der Waals surface area (Å²) in [6.45, 7) is 5.75. The van der Waals surface area contributed by atoms with Crippen molar-refractivity contribution in [3.8, 4) is 0 Å². The van der Waals surface area contributed by atoms with Crippen molar-refractivity contribution in [2.45, 2.75) is 64.9 Å². The van der Waals surface area contributed by atoms with Crippen LogP contribution >= 0.6 is 0 Å². The minimum atomic E-state index is -0.391. The summed E-state index contributed by atoms with van der Waals surface area (Å²) < 4.78 is 5.37. The van der Waals surface area contributed by atoms with Crippen molar-refractivity contribution in [3.05, 3.63) is 23.3 Å². The zero-order valence-electron chi connectivity index (χ0n) is 12.9. The van der Waals surface area contributed by atoms with Gasteiger partial charge in [0.15, 0.2) is 0 Å². The highest BCUT2D eigenvalue weighted by Gasteiger charge is 2.40. The SMILES string of the molecule is CC(C)(C)OC(=O)C=C1C[C@H]2CC(CC3CCC3)=C[C@@H]12. The molecule has 3 rings (SSSR count). The summed E-state index contributed by atoms with van der Waals surface area (Å²) in [7, 11) is 0. The van der Waals surface area contributed by atoms with Crippen LogP contribution in [0, 0.1) is 17.8 Å². The van der Waals surface area contributed by atoms with Crippen LogP contribution in [-0.4, -0.2) is 11.6 Å². The van der Waals surface area contributed by atoms with Crippen LogP contribution in [0.2, 0.25) is 0 Å². The third-order valence-electron chi connectivity index (χ3n) is 4.86. The highest BCUT2D eigenvalue weighted by atomic mass is 16.6. The van der Waals surface area contributed by atoms with E-state index in [-0.39, 0.29) is 5.97 Å². The van der Waals surface area contributed by atoms with Gasteiger partial charge in [-0.25, -0.2) is 4.79 Å². The van der Waals surface area contributed by atoms with Gasteiger partial charge in [-0.05, 0) is 51.9 Å². The summed E-state index contributed by atoms with van der Waals surface area (Å²) in [5.41, 5.74) is 2.54. The van der Waals surface area contributed by atoms with Crippen LogP contribution in [-0.2, 0) is 9.53 Å². The fraction of sp³-hybridized carbons (Fsp3) is 0.722. The van der Waals surface area contributed by atoms with Crippen LogP contribution in [0.4, 0.5) is 0 Å². The zero-order valence-corrected chi connectivity index (χ0v) is 12.9. The van der Waals surface area contributed by atoms with E-state index in [2.05, 4.69) is 6.08 Å². The molecule has 0 aliphatic heterocycles. The van der Waals surface area contributed by atoms with Crippen molar-refractivity contribution in [2.75, 3.05) is 0 Å². The van der Waals surface area contributed by atoms with Gasteiger partial charge in [0.2, 0.25) is 0 Å². The smallest absolute Gasteiger partial charge is 0.331 e. The van der Waals surface area contributed by atoms with E-state index >= 15 is 0 Å². The van der Waals surface area contributed by atoms with Crippen molar-refractivity contribution in [1.82, 2.24) is 0 Å². The third kappa shape index (κ3) is 2.99. The van der Waals surface area contributed by atoms with Crippen LogP contribution in [0.15, 0.2) is 23.3 Å². The highest BCUT2D eigenvalue weighted by Crippen LogP contribution is 2.51. The Hall–Kier alpha value is -1.05. The maximum Gasteiger partial charge on any atom is 0.331 e. The minimum absolute atomic E-state index is 0.174. The second-order valence-electron chi connectivity index (χ2n) is 7.77. The largest absolute Gasteiger partial charge is 0.457 e. The zero-order chi connectivity index (χ0) is 14.3. The molecule has 2 nitrogen and oxygen atoms in total. The number of carbonyl (C=O) groups is 1. The average molecular weight is 274 g/mol. The highest BCUT2D eigenvalue weighted by molar-refractivity contribution is 5.83. The molecule has 20 heavy (non-hydrogen) atoms. The van der Waals surface area contributed by atoms with Crippen molar-refractivity contribution in [3.63, 3.8) is 0 Å². The van der Waals surface area contributed by atoms with Gasteiger partial charge in [0.25, 0.3) is 0 Å². The maximum absolute atomic E-state index is 11.8. The normalized spacial score (nSPS) is 31.4. The van der Waals surface area contributed by atoms with E-state index in [1.54, 1.807) is 11.6 Å². The fourth-order valence-electron chi connectivity index (χ4n) is 3.67. The molecule has 0 aromatic carbocycles. The monoisotopic (exact) mass is 274 g/mol. The van der Waals surface area contributed by atoms with Crippen molar-refractivity contribution < 1.29 is 9.53 Å². The van der Waals surface area contributed by atoms with E-state index in [0.717, 1.165) is 18.3 Å². The Morgan fingerprint density at radius 3 is 2.70 bits per heavy atom. The van der Waals surface area contributed by atoms with Gasteiger partial charge in [-0.2, -0.15) is 0 Å². The number of rotatable bonds is 3.